The lowest BCUT2D eigenvalue weighted by molar-refractivity contribution is 0.0767. The Morgan fingerprint density at radius 3 is 2.38 bits per heavy atom. The van der Waals surface area contributed by atoms with Crippen LogP contribution in [0.4, 0.5) is 5.69 Å². The molecule has 1 unspecified atom stereocenters. The molecule has 2 aromatic carbocycles. The monoisotopic (exact) mass is 482 g/mol. The number of aliphatic hydroxyl groups excluding tert-OH is 1. The standard InChI is InChI=1S/C19H24Cl2N2O4S.ClH/c1-23(10-9-14-3-8-18(20)19(21)11-14)12-16(24)13-27-17-6-4-15(5-7-17)22-28(2,25)26;/h3-8,11,16,22,24H,9-10,12-13H2,1-2H3;1H. The Hall–Kier alpha value is -1.22. The summed E-state index contributed by atoms with van der Waals surface area (Å²) in [4.78, 5) is 2.01. The summed E-state index contributed by atoms with van der Waals surface area (Å²) in [7, 11) is -1.39. The van der Waals surface area contributed by atoms with Crippen molar-refractivity contribution in [3.63, 3.8) is 0 Å². The van der Waals surface area contributed by atoms with Crippen LogP contribution in [0.5, 0.6) is 5.75 Å². The lowest BCUT2D eigenvalue weighted by Crippen LogP contribution is -2.34. The number of anilines is 1. The molecule has 0 saturated heterocycles. The third-order valence-corrected chi connectivity index (χ3v) is 5.23. The molecule has 2 aromatic rings. The molecular formula is C19H25Cl3N2O4S. The molecule has 0 saturated carbocycles. The van der Waals surface area contributed by atoms with Gasteiger partial charge in [-0.3, -0.25) is 4.72 Å². The van der Waals surface area contributed by atoms with E-state index in [1.54, 1.807) is 30.3 Å². The number of nitrogens with one attached hydrogen (secondary N) is 1. The molecule has 0 spiro atoms. The Morgan fingerprint density at radius 1 is 1.14 bits per heavy atom. The van der Waals surface area contributed by atoms with E-state index >= 15 is 0 Å². The lowest BCUT2D eigenvalue weighted by Gasteiger charge is -2.21. The van der Waals surface area contributed by atoms with E-state index in [0.717, 1.165) is 24.8 Å². The normalized spacial score (nSPS) is 12.3. The number of halogens is 3. The van der Waals surface area contributed by atoms with Gasteiger partial charge in [-0.25, -0.2) is 8.42 Å². The SMILES string of the molecule is CN(CCc1ccc(Cl)c(Cl)c1)CC(O)COc1ccc(NS(C)(=O)=O)cc1.Cl. The van der Waals surface area contributed by atoms with Gasteiger partial charge in [-0.15, -0.1) is 12.4 Å². The minimum atomic E-state index is -3.31. The number of rotatable bonds is 10. The minimum absolute atomic E-state index is 0. The van der Waals surface area contributed by atoms with E-state index in [1.165, 1.54) is 0 Å². The highest BCUT2D eigenvalue weighted by atomic mass is 35.5. The van der Waals surface area contributed by atoms with E-state index in [4.69, 9.17) is 27.9 Å². The molecule has 0 aliphatic rings. The van der Waals surface area contributed by atoms with Gasteiger partial charge in [0.15, 0.2) is 0 Å². The first kappa shape index (κ1) is 25.8. The lowest BCUT2D eigenvalue weighted by atomic mass is 10.1. The number of hydrogen-bond donors (Lipinski definition) is 2. The highest BCUT2D eigenvalue weighted by molar-refractivity contribution is 7.92. The topological polar surface area (TPSA) is 78.9 Å². The third kappa shape index (κ3) is 9.89. The van der Waals surface area contributed by atoms with Gasteiger partial charge in [0.05, 0.1) is 16.3 Å². The second kappa shape index (κ2) is 11.8. The van der Waals surface area contributed by atoms with Gasteiger partial charge in [-0.05, 0) is 55.4 Å². The van der Waals surface area contributed by atoms with Crippen molar-refractivity contribution in [3.8, 4) is 5.75 Å². The number of hydrogen-bond acceptors (Lipinski definition) is 5. The smallest absolute Gasteiger partial charge is 0.229 e. The Balaban J connectivity index is 0.00000420. The van der Waals surface area contributed by atoms with Crippen molar-refractivity contribution in [1.82, 2.24) is 4.90 Å². The minimum Gasteiger partial charge on any atom is -0.491 e. The average molecular weight is 484 g/mol. The van der Waals surface area contributed by atoms with Gasteiger partial charge < -0.3 is 14.7 Å². The molecule has 1 atom stereocenters. The van der Waals surface area contributed by atoms with E-state index < -0.39 is 16.1 Å². The molecule has 6 nitrogen and oxygen atoms in total. The van der Waals surface area contributed by atoms with Crippen LogP contribution in [-0.2, 0) is 16.4 Å². The molecule has 0 aliphatic heterocycles. The van der Waals surface area contributed by atoms with Crippen LogP contribution in [-0.4, -0.2) is 57.5 Å². The number of benzene rings is 2. The average Bonchev–Trinajstić information content (AvgIpc) is 2.61. The maximum Gasteiger partial charge on any atom is 0.229 e. The molecule has 29 heavy (non-hydrogen) atoms. The summed E-state index contributed by atoms with van der Waals surface area (Å²) < 4.78 is 30.3. The van der Waals surface area contributed by atoms with Crippen molar-refractivity contribution in [2.24, 2.45) is 0 Å². The fraction of sp³-hybridized carbons (Fsp3) is 0.368. The van der Waals surface area contributed by atoms with E-state index in [-0.39, 0.29) is 19.0 Å². The quantitative estimate of drug-likeness (QED) is 0.539. The summed E-state index contributed by atoms with van der Waals surface area (Å²) in [6, 6.07) is 12.1. The molecule has 10 heteroatoms. The molecule has 0 aliphatic carbocycles. The van der Waals surface area contributed by atoms with Crippen LogP contribution in [0, 0.1) is 0 Å². The van der Waals surface area contributed by atoms with Crippen LogP contribution < -0.4 is 9.46 Å². The third-order valence-electron chi connectivity index (χ3n) is 3.89. The summed E-state index contributed by atoms with van der Waals surface area (Å²) in [5.74, 6) is 0.552. The number of sulfonamides is 1. The highest BCUT2D eigenvalue weighted by Gasteiger charge is 2.10. The van der Waals surface area contributed by atoms with Crippen LogP contribution >= 0.6 is 35.6 Å². The molecule has 162 valence electrons. The first-order chi connectivity index (χ1) is 13.1. The van der Waals surface area contributed by atoms with Crippen molar-refractivity contribution in [1.29, 1.82) is 0 Å². The van der Waals surface area contributed by atoms with Gasteiger partial charge in [-0.2, -0.15) is 0 Å². The zero-order valence-corrected chi connectivity index (χ0v) is 19.3. The molecule has 0 fully saturated rings. The van der Waals surface area contributed by atoms with Crippen molar-refractivity contribution in [3.05, 3.63) is 58.1 Å². The predicted molar refractivity (Wildman–Crippen MR) is 121 cm³/mol. The van der Waals surface area contributed by atoms with Gasteiger partial charge >= 0.3 is 0 Å². The van der Waals surface area contributed by atoms with Crippen LogP contribution in [0.3, 0.4) is 0 Å². The molecule has 2 rings (SSSR count). The molecule has 2 N–H and O–H groups in total. The summed E-state index contributed by atoms with van der Waals surface area (Å²) in [6.07, 6.45) is 1.22. The van der Waals surface area contributed by atoms with Crippen LogP contribution in [0.1, 0.15) is 5.56 Å². The Labute approximate surface area is 188 Å². The maximum atomic E-state index is 11.2. The fourth-order valence-electron chi connectivity index (χ4n) is 2.54. The first-order valence-electron chi connectivity index (χ1n) is 8.63. The Bertz CT molecular complexity index is 880. The van der Waals surface area contributed by atoms with Gasteiger partial charge in [0, 0.05) is 18.8 Å². The number of ether oxygens (including phenoxy) is 1. The van der Waals surface area contributed by atoms with Gasteiger partial charge in [-0.1, -0.05) is 29.3 Å². The van der Waals surface area contributed by atoms with Crippen LogP contribution in [0.15, 0.2) is 42.5 Å². The van der Waals surface area contributed by atoms with E-state index in [1.807, 2.05) is 24.1 Å². The van der Waals surface area contributed by atoms with Crippen molar-refractivity contribution in [2.75, 3.05) is 37.7 Å². The van der Waals surface area contributed by atoms with Crippen molar-refractivity contribution >= 4 is 51.3 Å². The van der Waals surface area contributed by atoms with Gasteiger partial charge in [0.1, 0.15) is 18.5 Å². The van der Waals surface area contributed by atoms with E-state index in [2.05, 4.69) is 4.72 Å². The molecule has 0 heterocycles. The van der Waals surface area contributed by atoms with E-state index in [9.17, 15) is 13.5 Å². The summed E-state index contributed by atoms with van der Waals surface area (Å²) >= 11 is 11.9. The second-order valence-electron chi connectivity index (χ2n) is 6.62. The van der Waals surface area contributed by atoms with Gasteiger partial charge in [0.25, 0.3) is 0 Å². The van der Waals surface area contributed by atoms with Gasteiger partial charge in [0.2, 0.25) is 10.0 Å². The molecule has 0 radical (unpaired) electrons. The fourth-order valence-corrected chi connectivity index (χ4v) is 3.43. The number of aliphatic hydroxyl groups is 1. The van der Waals surface area contributed by atoms with E-state index in [0.29, 0.717) is 28.0 Å². The molecule has 0 aromatic heterocycles. The van der Waals surface area contributed by atoms with Crippen molar-refractivity contribution < 1.29 is 18.3 Å². The molecule has 0 bridgehead atoms. The first-order valence-corrected chi connectivity index (χ1v) is 11.3. The summed E-state index contributed by atoms with van der Waals surface area (Å²) in [5.41, 5.74) is 1.53. The number of likely N-dealkylation sites (N-methyl/N-ethyl adjacent to an activating group) is 1. The Morgan fingerprint density at radius 2 is 1.79 bits per heavy atom. The predicted octanol–water partition coefficient (Wildman–Crippen LogP) is 3.70. The number of nitrogens with zero attached hydrogens (tertiary/aromatic N) is 1. The zero-order chi connectivity index (χ0) is 20.7. The second-order valence-corrected chi connectivity index (χ2v) is 9.19. The molecule has 0 amide bonds. The summed E-state index contributed by atoms with van der Waals surface area (Å²) in [6.45, 7) is 1.34. The maximum absolute atomic E-state index is 11.2. The van der Waals surface area contributed by atoms with Crippen molar-refractivity contribution in [2.45, 2.75) is 12.5 Å². The van der Waals surface area contributed by atoms with Crippen LogP contribution in [0.25, 0.3) is 0 Å². The highest BCUT2D eigenvalue weighted by Crippen LogP contribution is 2.23. The largest absolute Gasteiger partial charge is 0.491 e. The molecular weight excluding hydrogens is 459 g/mol. The summed E-state index contributed by atoms with van der Waals surface area (Å²) in [5, 5.41) is 11.2. The zero-order valence-electron chi connectivity index (χ0n) is 16.1. The Kier molecular flexibility index (Phi) is 10.5. The van der Waals surface area contributed by atoms with Crippen LogP contribution in [0.2, 0.25) is 10.0 Å².